The van der Waals surface area contributed by atoms with Crippen molar-refractivity contribution in [2.75, 3.05) is 0 Å². The van der Waals surface area contributed by atoms with Crippen molar-refractivity contribution in [3.8, 4) is 0 Å². The Balaban J connectivity index is 1.43. The molecule has 0 heteroatoms. The molecule has 0 aromatic heterocycles. The van der Waals surface area contributed by atoms with Crippen LogP contribution < -0.4 is 0 Å². The van der Waals surface area contributed by atoms with E-state index in [1.807, 2.05) is 0 Å². The van der Waals surface area contributed by atoms with Gasteiger partial charge in [-0.05, 0) is 101 Å². The summed E-state index contributed by atoms with van der Waals surface area (Å²) in [7, 11) is 0. The lowest BCUT2D eigenvalue weighted by atomic mass is 8.88. The van der Waals surface area contributed by atoms with Crippen molar-refractivity contribution in [2.24, 2.45) is 74.9 Å². The van der Waals surface area contributed by atoms with E-state index in [0.29, 0.717) is 0 Å². The third-order valence-electron chi connectivity index (χ3n) is 12.3. The molecule has 0 radical (unpaired) electrons. The standard InChI is InChI=1S/C18H20/c1-15-6-2-8(15)13-14-10-5-7-4-9-12-11(3-6)17(13,15)18(12,14)16(7,9)10/h6-14H,2-5H2,1H3. The van der Waals surface area contributed by atoms with Crippen LogP contribution in [0.4, 0.5) is 0 Å². The lowest BCUT2D eigenvalue weighted by Gasteiger charge is -3.16. The summed E-state index contributed by atoms with van der Waals surface area (Å²) in [5.74, 6) is 11.5. The molecule has 0 N–H and O–H groups in total. The third-order valence-corrected chi connectivity index (χ3v) is 12.3. The highest BCUT2D eigenvalue weighted by molar-refractivity contribution is 5.62. The van der Waals surface area contributed by atoms with E-state index in [2.05, 4.69) is 6.92 Å². The van der Waals surface area contributed by atoms with Gasteiger partial charge in [0.1, 0.15) is 0 Å². The van der Waals surface area contributed by atoms with E-state index >= 15 is 0 Å². The van der Waals surface area contributed by atoms with Gasteiger partial charge in [0.2, 0.25) is 0 Å². The first-order valence-corrected chi connectivity index (χ1v) is 8.78. The molecule has 13 atom stereocenters. The van der Waals surface area contributed by atoms with E-state index in [1.54, 1.807) is 25.7 Å². The maximum atomic E-state index is 2.77. The normalized spacial score (nSPS) is 102. The summed E-state index contributed by atoms with van der Waals surface area (Å²) < 4.78 is 0. The monoisotopic (exact) mass is 236 g/mol. The minimum absolute atomic E-state index is 0.912. The minimum atomic E-state index is 0.912. The Kier molecular flexibility index (Phi) is 0.615. The smallest absolute Gasteiger partial charge is 0.00972 e. The molecule has 9 aliphatic rings. The molecule has 9 fully saturated rings. The molecule has 0 saturated heterocycles. The fraction of sp³-hybridized carbons (Fsp3) is 1.00. The van der Waals surface area contributed by atoms with Gasteiger partial charge in [0.05, 0.1) is 0 Å². The predicted octanol–water partition coefficient (Wildman–Crippen LogP) is 3.18. The van der Waals surface area contributed by atoms with Gasteiger partial charge in [0, 0.05) is 0 Å². The summed E-state index contributed by atoms with van der Waals surface area (Å²) in [5, 5.41) is 0. The highest BCUT2D eigenvalue weighted by Gasteiger charge is 3.16. The summed E-state index contributed by atoms with van der Waals surface area (Å²) in [6, 6.07) is 0. The van der Waals surface area contributed by atoms with E-state index in [0.717, 1.165) is 21.7 Å². The largest absolute Gasteiger partial charge is 0.0585 e. The first kappa shape index (κ1) is 7.70. The van der Waals surface area contributed by atoms with Crippen LogP contribution in [0.1, 0.15) is 32.6 Å². The molecular weight excluding hydrogens is 216 g/mol. The number of hydrogen-bond donors (Lipinski definition) is 0. The average molecular weight is 236 g/mol. The SMILES string of the molecule is CC12C3CC1C1C4C5CC6CC7C8C(C3)C12C84C675. The zero-order chi connectivity index (χ0) is 11.0. The van der Waals surface area contributed by atoms with Crippen molar-refractivity contribution in [3.05, 3.63) is 0 Å². The maximum Gasteiger partial charge on any atom is -0.00972 e. The second-order valence-corrected chi connectivity index (χ2v) is 10.3. The molecule has 0 nitrogen and oxygen atoms in total. The number of hydrogen-bond acceptors (Lipinski definition) is 0. The van der Waals surface area contributed by atoms with Crippen molar-refractivity contribution in [1.29, 1.82) is 0 Å². The van der Waals surface area contributed by atoms with Gasteiger partial charge in [-0.3, -0.25) is 0 Å². The van der Waals surface area contributed by atoms with Gasteiger partial charge in [-0.2, -0.15) is 0 Å². The lowest BCUT2D eigenvalue weighted by molar-refractivity contribution is -0.698. The van der Waals surface area contributed by atoms with E-state index in [9.17, 15) is 0 Å². The molecule has 0 heterocycles. The highest BCUT2D eigenvalue weighted by atomic mass is 15.2. The van der Waals surface area contributed by atoms with Gasteiger partial charge in [-0.15, -0.1) is 0 Å². The van der Waals surface area contributed by atoms with Crippen LogP contribution in [-0.4, -0.2) is 0 Å². The Morgan fingerprint density at radius 3 is 2.17 bits per heavy atom. The highest BCUT2D eigenvalue weighted by Crippen LogP contribution is 3.19. The van der Waals surface area contributed by atoms with Crippen LogP contribution in [0, 0.1) is 74.9 Å². The van der Waals surface area contributed by atoms with Crippen molar-refractivity contribution in [1.82, 2.24) is 0 Å². The van der Waals surface area contributed by atoms with Crippen molar-refractivity contribution in [2.45, 2.75) is 32.6 Å². The second-order valence-electron chi connectivity index (χ2n) is 10.3. The Bertz CT molecular complexity index is 606. The summed E-state index contributed by atoms with van der Waals surface area (Å²) in [5.41, 5.74) is 4.02. The van der Waals surface area contributed by atoms with Gasteiger partial charge in [-0.25, -0.2) is 0 Å². The zero-order valence-corrected chi connectivity index (χ0v) is 11.0. The number of fused-ring (bicyclic) bond motifs is 5. The molecule has 18 heavy (non-hydrogen) atoms. The second kappa shape index (κ2) is 1.44. The van der Waals surface area contributed by atoms with E-state index in [4.69, 9.17) is 0 Å². The quantitative estimate of drug-likeness (QED) is 0.606. The van der Waals surface area contributed by atoms with Crippen LogP contribution in [-0.2, 0) is 0 Å². The zero-order valence-electron chi connectivity index (χ0n) is 11.0. The van der Waals surface area contributed by atoms with Crippen LogP contribution in [0.15, 0.2) is 0 Å². The topological polar surface area (TPSA) is 0 Å². The minimum Gasteiger partial charge on any atom is -0.0585 e. The van der Waals surface area contributed by atoms with Crippen LogP contribution in [0.3, 0.4) is 0 Å². The molecule has 0 aromatic carbocycles. The Hall–Kier alpha value is 0. The fourth-order valence-corrected chi connectivity index (χ4v) is 13.1. The maximum absolute atomic E-state index is 2.77. The van der Waals surface area contributed by atoms with Crippen LogP contribution in [0.2, 0.25) is 0 Å². The molecule has 3 spiro atoms. The third kappa shape index (κ3) is 0.263. The van der Waals surface area contributed by atoms with Crippen molar-refractivity contribution < 1.29 is 0 Å². The molecule has 92 valence electrons. The fourth-order valence-electron chi connectivity index (χ4n) is 13.1. The molecule has 0 aromatic rings. The van der Waals surface area contributed by atoms with Gasteiger partial charge in [0.25, 0.3) is 0 Å². The molecule has 9 aliphatic carbocycles. The molecule has 0 amide bonds. The summed E-state index contributed by atoms with van der Waals surface area (Å²) >= 11 is 0. The van der Waals surface area contributed by atoms with Gasteiger partial charge >= 0.3 is 0 Å². The molecule has 13 unspecified atom stereocenters. The first-order valence-electron chi connectivity index (χ1n) is 8.78. The Morgan fingerprint density at radius 1 is 0.667 bits per heavy atom. The van der Waals surface area contributed by atoms with Gasteiger partial charge < -0.3 is 0 Å². The Labute approximate surface area is 108 Å². The molecule has 9 rings (SSSR count). The molecule has 0 aliphatic heterocycles. The van der Waals surface area contributed by atoms with Crippen LogP contribution in [0.5, 0.6) is 0 Å². The van der Waals surface area contributed by atoms with Gasteiger partial charge in [-0.1, -0.05) is 6.92 Å². The van der Waals surface area contributed by atoms with Crippen molar-refractivity contribution >= 4 is 0 Å². The lowest BCUT2D eigenvalue weighted by Crippen LogP contribution is -3.13. The number of rotatable bonds is 0. The van der Waals surface area contributed by atoms with Gasteiger partial charge in [0.15, 0.2) is 0 Å². The average Bonchev–Trinajstić information content (AvgIpc) is 2.38. The summed E-state index contributed by atoms with van der Waals surface area (Å²) in [6.07, 6.45) is 6.76. The summed E-state index contributed by atoms with van der Waals surface area (Å²) in [6.45, 7) is 2.77. The summed E-state index contributed by atoms with van der Waals surface area (Å²) in [4.78, 5) is 0. The molecule has 9 saturated carbocycles. The van der Waals surface area contributed by atoms with E-state index in [-0.39, 0.29) is 0 Å². The molecule has 0 bridgehead atoms. The Morgan fingerprint density at radius 2 is 1.33 bits per heavy atom. The first-order chi connectivity index (χ1) is 8.78. The van der Waals surface area contributed by atoms with Crippen LogP contribution in [0.25, 0.3) is 0 Å². The predicted molar refractivity (Wildman–Crippen MR) is 65.3 cm³/mol. The molecular formula is C18H20. The van der Waals surface area contributed by atoms with E-state index in [1.165, 1.54) is 53.3 Å². The van der Waals surface area contributed by atoms with Crippen LogP contribution >= 0.6 is 0 Å². The van der Waals surface area contributed by atoms with E-state index < -0.39 is 0 Å². The van der Waals surface area contributed by atoms with Crippen molar-refractivity contribution in [3.63, 3.8) is 0 Å².